The van der Waals surface area contributed by atoms with E-state index in [4.69, 9.17) is 11.6 Å². The van der Waals surface area contributed by atoms with Crippen molar-refractivity contribution in [3.63, 3.8) is 0 Å². The van der Waals surface area contributed by atoms with Gasteiger partial charge in [-0.2, -0.15) is 23.4 Å². The molecule has 1 amide bonds. The van der Waals surface area contributed by atoms with Crippen LogP contribution >= 0.6 is 22.9 Å². The molecule has 7 nitrogen and oxygen atoms in total. The van der Waals surface area contributed by atoms with Crippen molar-refractivity contribution >= 4 is 34.5 Å². The normalized spacial score (nSPS) is 13.0. The molecule has 1 atom stereocenters. The molecule has 162 valence electrons. The van der Waals surface area contributed by atoms with Gasteiger partial charge in [-0.3, -0.25) is 9.48 Å². The number of nitrogens with one attached hydrogen (secondary N) is 1. The molecule has 31 heavy (non-hydrogen) atoms. The predicted octanol–water partition coefficient (Wildman–Crippen LogP) is 4.84. The van der Waals surface area contributed by atoms with Crippen LogP contribution in [0.1, 0.15) is 41.8 Å². The third-order valence-corrected chi connectivity index (χ3v) is 5.81. The highest BCUT2D eigenvalue weighted by Crippen LogP contribution is 2.35. The molecule has 0 spiro atoms. The molecule has 0 saturated carbocycles. The summed E-state index contributed by atoms with van der Waals surface area (Å²) in [5, 5.41) is 10.9. The molecule has 4 aromatic rings. The highest BCUT2D eigenvalue weighted by atomic mass is 35.5. The summed E-state index contributed by atoms with van der Waals surface area (Å²) < 4.78 is 43.8. The summed E-state index contributed by atoms with van der Waals surface area (Å²) in [6.07, 6.45) is -2.92. The lowest BCUT2D eigenvalue weighted by Gasteiger charge is -2.11. The van der Waals surface area contributed by atoms with Crippen LogP contribution in [0.25, 0.3) is 16.2 Å². The molecule has 0 aliphatic heterocycles. The van der Waals surface area contributed by atoms with Crippen LogP contribution < -0.4 is 5.32 Å². The maximum atomic E-state index is 13.7. The largest absolute Gasteiger partial charge is 0.433 e. The van der Waals surface area contributed by atoms with Gasteiger partial charge in [-0.25, -0.2) is 9.50 Å². The number of carbonyl (C=O) groups excluding carboxylic acids is 1. The number of nitrogens with zero attached hydrogens (tertiary/aromatic N) is 5. The summed E-state index contributed by atoms with van der Waals surface area (Å²) >= 11 is 7.01. The first-order valence-electron chi connectivity index (χ1n) is 9.23. The number of aromatic nitrogens is 5. The minimum Gasteiger partial charge on any atom is -0.342 e. The van der Waals surface area contributed by atoms with Crippen LogP contribution in [0.4, 0.5) is 13.2 Å². The minimum absolute atomic E-state index is 0.0950. The van der Waals surface area contributed by atoms with Crippen LogP contribution in [-0.4, -0.2) is 30.3 Å². The third-order valence-electron chi connectivity index (χ3n) is 4.55. The Bertz CT molecular complexity index is 1260. The van der Waals surface area contributed by atoms with E-state index in [-0.39, 0.29) is 17.0 Å². The van der Waals surface area contributed by atoms with Gasteiger partial charge in [-0.15, -0.1) is 11.3 Å². The number of hydrogen-bond donors (Lipinski definition) is 1. The second-order valence-corrected chi connectivity index (χ2v) is 8.43. The van der Waals surface area contributed by atoms with Crippen molar-refractivity contribution in [2.45, 2.75) is 32.6 Å². The molecular weight excluding hydrogens is 453 g/mol. The maximum absolute atomic E-state index is 13.7. The van der Waals surface area contributed by atoms with Crippen LogP contribution in [0, 0.1) is 0 Å². The molecule has 0 aromatic carbocycles. The Morgan fingerprint density at radius 2 is 2.03 bits per heavy atom. The smallest absolute Gasteiger partial charge is 0.342 e. The van der Waals surface area contributed by atoms with Gasteiger partial charge in [-0.1, -0.05) is 11.6 Å². The first-order valence-corrected chi connectivity index (χ1v) is 10.4. The number of fused-ring (bicyclic) bond motifs is 1. The van der Waals surface area contributed by atoms with E-state index in [1.54, 1.807) is 36.0 Å². The Kier molecular flexibility index (Phi) is 5.48. The minimum atomic E-state index is -4.70. The van der Waals surface area contributed by atoms with Crippen LogP contribution in [0.5, 0.6) is 0 Å². The Hall–Kier alpha value is -2.92. The molecule has 0 bridgehead atoms. The molecule has 0 aliphatic carbocycles. The first kappa shape index (κ1) is 21.3. The first-order chi connectivity index (χ1) is 14.7. The highest BCUT2D eigenvalue weighted by Gasteiger charge is 2.36. The molecule has 12 heteroatoms. The Morgan fingerprint density at radius 3 is 2.65 bits per heavy atom. The van der Waals surface area contributed by atoms with Gasteiger partial charge < -0.3 is 5.32 Å². The standard InChI is InChI=1S/C19H16ClF3N6OS/c1-3-28-7-6-11(26-28)10(2)24-18(30)13-9-17-25-12(14-4-5-16(20)31-14)8-15(19(21,22)23)29(17)27-13/h4-10H,3H2,1-2H3,(H,24,30)/t10-/m1/s1. The lowest BCUT2D eigenvalue weighted by atomic mass is 10.2. The number of halogens is 4. The van der Waals surface area contributed by atoms with Gasteiger partial charge in [0, 0.05) is 18.8 Å². The second-order valence-electron chi connectivity index (χ2n) is 6.72. The monoisotopic (exact) mass is 468 g/mol. The topological polar surface area (TPSA) is 77.1 Å². The van der Waals surface area contributed by atoms with Crippen LogP contribution in [0.2, 0.25) is 4.34 Å². The number of thiophene rings is 1. The SMILES string of the molecule is CCn1ccc([C@@H](C)NC(=O)c2cc3nc(-c4ccc(Cl)s4)cc(C(F)(F)F)n3n2)n1. The fourth-order valence-corrected chi connectivity index (χ4v) is 4.00. The number of rotatable bonds is 5. The zero-order valence-electron chi connectivity index (χ0n) is 16.3. The maximum Gasteiger partial charge on any atom is 0.433 e. The zero-order chi connectivity index (χ0) is 22.3. The van der Waals surface area contributed by atoms with Crippen molar-refractivity contribution in [3.05, 3.63) is 57.9 Å². The fourth-order valence-electron chi connectivity index (χ4n) is 2.99. The lowest BCUT2D eigenvalue weighted by molar-refractivity contribution is -0.142. The van der Waals surface area contributed by atoms with Crippen LogP contribution in [-0.2, 0) is 12.7 Å². The number of carbonyl (C=O) groups is 1. The van der Waals surface area contributed by atoms with Crippen LogP contribution in [0.3, 0.4) is 0 Å². The number of aryl methyl sites for hydroxylation is 1. The summed E-state index contributed by atoms with van der Waals surface area (Å²) in [6, 6.07) is 6.60. The van der Waals surface area contributed by atoms with Crippen molar-refractivity contribution in [2.24, 2.45) is 0 Å². The van der Waals surface area contributed by atoms with Crippen molar-refractivity contribution in [1.82, 2.24) is 29.7 Å². The molecule has 0 fully saturated rings. The average molecular weight is 469 g/mol. The van der Waals surface area contributed by atoms with Crippen molar-refractivity contribution in [2.75, 3.05) is 0 Å². The van der Waals surface area contributed by atoms with E-state index in [2.05, 4.69) is 20.5 Å². The molecule has 0 saturated heterocycles. The number of hydrogen-bond acceptors (Lipinski definition) is 5. The Morgan fingerprint density at radius 1 is 1.26 bits per heavy atom. The summed E-state index contributed by atoms with van der Waals surface area (Å²) in [5.41, 5.74) is -0.582. The molecule has 0 unspecified atom stereocenters. The van der Waals surface area contributed by atoms with Gasteiger partial charge in [0.1, 0.15) is 0 Å². The Labute approximate surface area is 183 Å². The van der Waals surface area contributed by atoms with E-state index in [0.29, 0.717) is 26.0 Å². The molecule has 0 aliphatic rings. The zero-order valence-corrected chi connectivity index (χ0v) is 17.9. The van der Waals surface area contributed by atoms with Gasteiger partial charge in [0.15, 0.2) is 17.0 Å². The van der Waals surface area contributed by atoms with Gasteiger partial charge in [0.25, 0.3) is 5.91 Å². The van der Waals surface area contributed by atoms with Gasteiger partial charge >= 0.3 is 6.18 Å². The van der Waals surface area contributed by atoms with Gasteiger partial charge in [-0.05, 0) is 38.1 Å². The van der Waals surface area contributed by atoms with E-state index in [0.717, 1.165) is 17.4 Å². The van der Waals surface area contributed by atoms with Gasteiger partial charge in [0.2, 0.25) is 0 Å². The molecule has 4 aromatic heterocycles. The number of alkyl halides is 3. The van der Waals surface area contributed by atoms with E-state index in [1.165, 1.54) is 6.07 Å². The highest BCUT2D eigenvalue weighted by molar-refractivity contribution is 7.19. The summed E-state index contributed by atoms with van der Waals surface area (Å²) in [7, 11) is 0. The van der Waals surface area contributed by atoms with E-state index < -0.39 is 23.8 Å². The quantitative estimate of drug-likeness (QED) is 0.455. The molecule has 4 rings (SSSR count). The van der Waals surface area contributed by atoms with E-state index >= 15 is 0 Å². The van der Waals surface area contributed by atoms with Crippen molar-refractivity contribution in [3.8, 4) is 10.6 Å². The molecular formula is C19H16ClF3N6OS. The van der Waals surface area contributed by atoms with E-state index in [9.17, 15) is 18.0 Å². The fraction of sp³-hybridized carbons (Fsp3) is 0.263. The number of amides is 1. The molecule has 1 N–H and O–H groups in total. The summed E-state index contributed by atoms with van der Waals surface area (Å²) in [6.45, 7) is 4.34. The second kappa shape index (κ2) is 7.97. The molecule has 4 heterocycles. The van der Waals surface area contributed by atoms with Crippen molar-refractivity contribution in [1.29, 1.82) is 0 Å². The van der Waals surface area contributed by atoms with Gasteiger partial charge in [0.05, 0.1) is 26.6 Å². The average Bonchev–Trinajstić information content (AvgIpc) is 3.44. The molecule has 0 radical (unpaired) electrons. The predicted molar refractivity (Wildman–Crippen MR) is 110 cm³/mol. The summed E-state index contributed by atoms with van der Waals surface area (Å²) in [4.78, 5) is 17.4. The summed E-state index contributed by atoms with van der Waals surface area (Å²) in [5.74, 6) is -0.627. The Balaban J connectivity index is 1.69. The lowest BCUT2D eigenvalue weighted by Crippen LogP contribution is -2.27. The third kappa shape index (κ3) is 4.28. The van der Waals surface area contributed by atoms with Crippen molar-refractivity contribution < 1.29 is 18.0 Å². The van der Waals surface area contributed by atoms with E-state index in [1.807, 2.05) is 6.92 Å². The van der Waals surface area contributed by atoms with Crippen LogP contribution in [0.15, 0.2) is 36.5 Å².